The molecule has 0 spiro atoms. The van der Waals surface area contributed by atoms with Gasteiger partial charge in [-0.2, -0.15) is 4.98 Å². The Bertz CT molecular complexity index is 1440. The molecule has 4 N–H and O–H groups in total. The highest BCUT2D eigenvalue weighted by Gasteiger charge is 2.11. The Kier molecular flexibility index (Phi) is 5.63. The monoisotopic (exact) mass is 453 g/mol. The summed E-state index contributed by atoms with van der Waals surface area (Å²) in [5.74, 6) is 2.50. The van der Waals surface area contributed by atoms with Gasteiger partial charge < -0.3 is 19.8 Å². The van der Waals surface area contributed by atoms with Crippen molar-refractivity contribution >= 4 is 28.8 Å². The van der Waals surface area contributed by atoms with Gasteiger partial charge in [-0.3, -0.25) is 10.7 Å². The molecule has 0 aliphatic carbocycles. The second-order valence-corrected chi connectivity index (χ2v) is 7.70. The first-order valence-electron chi connectivity index (χ1n) is 10.6. The summed E-state index contributed by atoms with van der Waals surface area (Å²) < 4.78 is 3.91. The molecule has 3 heterocycles. The molecule has 5 aromatic rings. The van der Waals surface area contributed by atoms with Gasteiger partial charge in [0.2, 0.25) is 5.95 Å². The normalized spacial score (nSPS) is 10.8. The van der Waals surface area contributed by atoms with Crippen LogP contribution in [0.4, 0.5) is 28.8 Å². The summed E-state index contributed by atoms with van der Waals surface area (Å²) in [4.78, 5) is 17.7. The highest BCUT2D eigenvalue weighted by Crippen LogP contribution is 2.28. The summed E-state index contributed by atoms with van der Waals surface area (Å²) in [6, 6.07) is 15.6. The van der Waals surface area contributed by atoms with Crippen LogP contribution in [0.3, 0.4) is 0 Å². The van der Waals surface area contributed by atoms with Gasteiger partial charge in [-0.05, 0) is 24.3 Å². The molecule has 3 aromatic heterocycles. The van der Waals surface area contributed by atoms with Gasteiger partial charge in [0.25, 0.3) is 0 Å². The number of hydrogen-bond donors (Lipinski definition) is 4. The first kappa shape index (κ1) is 21.2. The quantitative estimate of drug-likeness (QED) is 0.265. The maximum absolute atomic E-state index is 9.57. The van der Waals surface area contributed by atoms with E-state index in [1.807, 2.05) is 84.2 Å². The van der Waals surface area contributed by atoms with E-state index in [1.54, 1.807) is 12.4 Å². The summed E-state index contributed by atoms with van der Waals surface area (Å²) in [5, 5.41) is 16.0. The summed E-state index contributed by atoms with van der Waals surface area (Å²) in [6.45, 7) is 0. The molecule has 0 aliphatic heterocycles. The number of nitrogens with zero attached hydrogens (tertiary/aromatic N) is 6. The predicted octanol–water partition coefficient (Wildman–Crippen LogP) is 4.57. The van der Waals surface area contributed by atoms with E-state index in [0.29, 0.717) is 17.5 Å². The predicted molar refractivity (Wildman–Crippen MR) is 131 cm³/mol. The molecule has 0 aliphatic rings. The SMILES string of the molecule is Cn1ccnc1-c1cccc(Nc2ncc(NO)c(Nc3cccc(-c4nccn4C)c3)n2)c1. The molecule has 0 saturated heterocycles. The van der Waals surface area contributed by atoms with Gasteiger partial charge in [-0.15, -0.1) is 0 Å². The van der Waals surface area contributed by atoms with E-state index < -0.39 is 0 Å². The van der Waals surface area contributed by atoms with Gasteiger partial charge in [-0.25, -0.2) is 15.0 Å². The molecule has 0 radical (unpaired) electrons. The van der Waals surface area contributed by atoms with Crippen molar-refractivity contribution in [3.05, 3.63) is 79.5 Å². The number of imidazole rings is 2. The highest BCUT2D eigenvalue weighted by atomic mass is 16.5. The van der Waals surface area contributed by atoms with Crippen molar-refractivity contribution in [2.24, 2.45) is 14.1 Å². The van der Waals surface area contributed by atoms with Crippen molar-refractivity contribution in [2.45, 2.75) is 0 Å². The number of anilines is 5. The van der Waals surface area contributed by atoms with Gasteiger partial charge >= 0.3 is 0 Å². The molecule has 0 unspecified atom stereocenters. The van der Waals surface area contributed by atoms with E-state index in [-0.39, 0.29) is 0 Å². The fourth-order valence-electron chi connectivity index (χ4n) is 3.64. The molecule has 2 aromatic carbocycles. The van der Waals surface area contributed by atoms with Gasteiger partial charge in [0.1, 0.15) is 17.3 Å². The van der Waals surface area contributed by atoms with Crippen molar-refractivity contribution in [3.63, 3.8) is 0 Å². The zero-order valence-electron chi connectivity index (χ0n) is 18.6. The minimum Gasteiger partial charge on any atom is -0.338 e. The largest absolute Gasteiger partial charge is 0.338 e. The molecular formula is C24H23N9O. The second kappa shape index (κ2) is 9.04. The molecule has 10 heteroatoms. The molecule has 0 saturated carbocycles. The number of aromatic nitrogens is 6. The Morgan fingerprint density at radius 1 is 0.765 bits per heavy atom. The van der Waals surface area contributed by atoms with Crippen LogP contribution in [-0.4, -0.2) is 34.3 Å². The van der Waals surface area contributed by atoms with E-state index in [1.165, 1.54) is 6.20 Å². The molecular weight excluding hydrogens is 430 g/mol. The van der Waals surface area contributed by atoms with Crippen molar-refractivity contribution < 1.29 is 5.21 Å². The fraction of sp³-hybridized carbons (Fsp3) is 0.0833. The highest BCUT2D eigenvalue weighted by molar-refractivity contribution is 5.74. The summed E-state index contributed by atoms with van der Waals surface area (Å²) in [7, 11) is 3.90. The van der Waals surface area contributed by atoms with Gasteiger partial charge in [-0.1, -0.05) is 24.3 Å². The maximum atomic E-state index is 9.57. The van der Waals surface area contributed by atoms with Crippen LogP contribution in [0.15, 0.2) is 79.5 Å². The van der Waals surface area contributed by atoms with Crippen LogP contribution < -0.4 is 16.1 Å². The smallest absolute Gasteiger partial charge is 0.229 e. The van der Waals surface area contributed by atoms with Crippen molar-refractivity contribution in [2.75, 3.05) is 16.1 Å². The van der Waals surface area contributed by atoms with Crippen molar-refractivity contribution in [1.82, 2.24) is 29.1 Å². The number of hydrogen-bond acceptors (Lipinski definition) is 8. The van der Waals surface area contributed by atoms with Crippen LogP contribution in [0, 0.1) is 0 Å². The first-order valence-corrected chi connectivity index (χ1v) is 10.6. The number of rotatable bonds is 7. The van der Waals surface area contributed by atoms with E-state index in [0.717, 1.165) is 34.2 Å². The van der Waals surface area contributed by atoms with Gasteiger partial charge in [0.15, 0.2) is 5.82 Å². The molecule has 170 valence electrons. The lowest BCUT2D eigenvalue weighted by atomic mass is 10.2. The van der Waals surface area contributed by atoms with Crippen LogP contribution >= 0.6 is 0 Å². The van der Waals surface area contributed by atoms with Crippen LogP contribution in [0.2, 0.25) is 0 Å². The van der Waals surface area contributed by atoms with Crippen LogP contribution in [-0.2, 0) is 14.1 Å². The summed E-state index contributed by atoms with van der Waals surface area (Å²) in [5.41, 5.74) is 6.02. The Morgan fingerprint density at radius 2 is 1.35 bits per heavy atom. The van der Waals surface area contributed by atoms with E-state index in [9.17, 15) is 5.21 Å². The Morgan fingerprint density at radius 3 is 1.88 bits per heavy atom. The number of benzene rings is 2. The lowest BCUT2D eigenvalue weighted by molar-refractivity contribution is 0.389. The third-order valence-electron chi connectivity index (χ3n) is 5.31. The Labute approximate surface area is 196 Å². The second-order valence-electron chi connectivity index (χ2n) is 7.70. The van der Waals surface area contributed by atoms with E-state index >= 15 is 0 Å². The van der Waals surface area contributed by atoms with Crippen molar-refractivity contribution in [3.8, 4) is 22.8 Å². The minimum absolute atomic E-state index is 0.342. The van der Waals surface area contributed by atoms with Crippen molar-refractivity contribution in [1.29, 1.82) is 0 Å². The summed E-state index contributed by atoms with van der Waals surface area (Å²) in [6.07, 6.45) is 8.83. The third-order valence-corrected chi connectivity index (χ3v) is 5.31. The lowest BCUT2D eigenvalue weighted by Crippen LogP contribution is -2.05. The first-order chi connectivity index (χ1) is 16.6. The van der Waals surface area contributed by atoms with Crippen LogP contribution in [0.5, 0.6) is 0 Å². The average molecular weight is 454 g/mol. The fourth-order valence-corrected chi connectivity index (χ4v) is 3.64. The molecule has 0 atom stereocenters. The molecule has 10 nitrogen and oxygen atoms in total. The molecule has 5 rings (SSSR count). The van der Waals surface area contributed by atoms with Gasteiger partial charge in [0, 0.05) is 61.4 Å². The number of nitrogens with one attached hydrogen (secondary N) is 3. The third kappa shape index (κ3) is 4.30. The lowest BCUT2D eigenvalue weighted by Gasteiger charge is -2.13. The maximum Gasteiger partial charge on any atom is 0.229 e. The Hall–Kier alpha value is -4.70. The minimum atomic E-state index is 0.342. The molecule has 34 heavy (non-hydrogen) atoms. The zero-order valence-corrected chi connectivity index (χ0v) is 18.6. The molecule has 0 bridgehead atoms. The Balaban J connectivity index is 1.41. The molecule has 0 fully saturated rings. The van der Waals surface area contributed by atoms with Crippen LogP contribution in [0.25, 0.3) is 22.8 Å². The zero-order chi connectivity index (χ0) is 23.5. The van der Waals surface area contributed by atoms with E-state index in [4.69, 9.17) is 0 Å². The van der Waals surface area contributed by atoms with E-state index in [2.05, 4.69) is 36.0 Å². The standard InChI is InChI=1S/C24H23N9O/c1-32-11-9-25-22(32)16-5-3-7-18(13-16)28-21-20(31-34)15-27-24(30-21)29-19-8-4-6-17(14-19)23-26-10-12-33(23)2/h3-15,31,34H,1-2H3,(H2,27,28,29,30). The van der Waals surface area contributed by atoms with Gasteiger partial charge in [0.05, 0.1) is 6.20 Å². The van der Waals surface area contributed by atoms with Crippen LogP contribution in [0.1, 0.15) is 0 Å². The number of aryl methyl sites for hydroxylation is 2. The average Bonchev–Trinajstić information content (AvgIpc) is 3.47. The summed E-state index contributed by atoms with van der Waals surface area (Å²) >= 11 is 0. The topological polar surface area (TPSA) is 118 Å². The molecule has 0 amide bonds.